The van der Waals surface area contributed by atoms with Gasteiger partial charge in [-0.05, 0) is 17.5 Å². The van der Waals surface area contributed by atoms with Crippen LogP contribution in [0.2, 0.25) is 0 Å². The second-order valence-corrected chi connectivity index (χ2v) is 7.60. The first-order valence-electron chi connectivity index (χ1n) is 6.99. The molecule has 3 N–H and O–H groups in total. The van der Waals surface area contributed by atoms with Crippen molar-refractivity contribution in [3.63, 3.8) is 0 Å². The van der Waals surface area contributed by atoms with Crippen molar-refractivity contribution in [2.75, 3.05) is 23.7 Å². The molecule has 21 heavy (non-hydrogen) atoms. The maximum Gasteiger partial charge on any atom is 0.225 e. The monoisotopic (exact) mass is 319 g/mol. The minimum absolute atomic E-state index is 0.0139. The van der Waals surface area contributed by atoms with Gasteiger partial charge in [0.05, 0.1) is 5.54 Å². The molecule has 0 saturated carbocycles. The summed E-state index contributed by atoms with van der Waals surface area (Å²) in [6, 6.07) is 6.18. The van der Waals surface area contributed by atoms with Gasteiger partial charge >= 0.3 is 0 Å². The van der Waals surface area contributed by atoms with E-state index in [0.29, 0.717) is 5.92 Å². The summed E-state index contributed by atoms with van der Waals surface area (Å²) in [6.45, 7) is 1.84. The minimum Gasteiger partial charge on any atom is -0.338 e. The van der Waals surface area contributed by atoms with Gasteiger partial charge in [0, 0.05) is 42.0 Å². The van der Waals surface area contributed by atoms with Crippen LogP contribution in [0.25, 0.3) is 0 Å². The second-order valence-electron chi connectivity index (χ2n) is 5.47. The van der Waals surface area contributed by atoms with Crippen LogP contribution in [-0.4, -0.2) is 34.3 Å². The van der Waals surface area contributed by atoms with Gasteiger partial charge in [0.2, 0.25) is 5.95 Å². The molecule has 0 aliphatic carbocycles. The maximum absolute atomic E-state index is 6.17. The number of nitrogens with two attached hydrogens (primary N) is 1. The average molecular weight is 319 g/mol. The quantitative estimate of drug-likeness (QED) is 0.873. The van der Waals surface area contributed by atoms with Gasteiger partial charge in [0.1, 0.15) is 5.50 Å². The van der Waals surface area contributed by atoms with E-state index < -0.39 is 0 Å². The molecule has 2 aliphatic rings. The highest BCUT2D eigenvalue weighted by atomic mass is 32.2. The van der Waals surface area contributed by atoms with E-state index in [0.717, 1.165) is 24.8 Å². The van der Waals surface area contributed by atoms with Crippen LogP contribution in [0, 0.1) is 5.92 Å². The summed E-state index contributed by atoms with van der Waals surface area (Å²) in [5.41, 5.74) is 6.09. The van der Waals surface area contributed by atoms with Crippen molar-refractivity contribution >= 4 is 29.0 Å². The molecule has 3 unspecified atom stereocenters. The molecule has 0 spiro atoms. The fourth-order valence-electron chi connectivity index (χ4n) is 3.28. The lowest BCUT2D eigenvalue weighted by Crippen LogP contribution is -2.58. The van der Waals surface area contributed by atoms with Crippen molar-refractivity contribution in [3.05, 3.63) is 40.8 Å². The molecule has 2 fully saturated rings. The van der Waals surface area contributed by atoms with Crippen LogP contribution >= 0.6 is 23.1 Å². The fraction of sp³-hybridized carbons (Fsp3) is 0.429. The van der Waals surface area contributed by atoms with Crippen molar-refractivity contribution in [3.8, 4) is 0 Å². The third kappa shape index (κ3) is 2.24. The van der Waals surface area contributed by atoms with Crippen molar-refractivity contribution in [1.29, 1.82) is 0 Å². The molecule has 0 aromatic carbocycles. The van der Waals surface area contributed by atoms with Crippen molar-refractivity contribution in [1.82, 2.24) is 15.3 Å². The first kappa shape index (κ1) is 13.5. The van der Waals surface area contributed by atoms with E-state index in [1.54, 1.807) is 35.5 Å². The summed E-state index contributed by atoms with van der Waals surface area (Å²) in [4.78, 5) is 12.4. The molecule has 7 heteroatoms. The molecule has 3 atom stereocenters. The summed E-state index contributed by atoms with van der Waals surface area (Å²) in [5.74, 6) is 2.39. The van der Waals surface area contributed by atoms with Crippen LogP contribution < -0.4 is 16.0 Å². The summed E-state index contributed by atoms with van der Waals surface area (Å²) < 4.78 is 0. The molecule has 2 saturated heterocycles. The molecule has 0 radical (unpaired) electrons. The van der Waals surface area contributed by atoms with E-state index in [4.69, 9.17) is 5.73 Å². The molecule has 2 aliphatic heterocycles. The van der Waals surface area contributed by atoms with Gasteiger partial charge in [-0.2, -0.15) is 0 Å². The topological polar surface area (TPSA) is 67.1 Å². The van der Waals surface area contributed by atoms with Crippen LogP contribution in [0.3, 0.4) is 0 Å². The highest BCUT2D eigenvalue weighted by Crippen LogP contribution is 2.44. The molecule has 0 amide bonds. The first-order valence-corrected chi connectivity index (χ1v) is 8.92. The zero-order chi connectivity index (χ0) is 14.3. The largest absolute Gasteiger partial charge is 0.338 e. The zero-order valence-corrected chi connectivity index (χ0v) is 13.1. The molecule has 110 valence electrons. The SMILES string of the molecule is NC1NC2(c3cccs3)CN(c3ncccn3)CC2CS1. The number of hydrogen-bond acceptors (Lipinski definition) is 7. The Morgan fingerprint density at radius 3 is 2.95 bits per heavy atom. The van der Waals surface area contributed by atoms with Gasteiger partial charge in [-0.25, -0.2) is 9.97 Å². The lowest BCUT2D eigenvalue weighted by molar-refractivity contribution is 0.280. The third-order valence-corrected chi connectivity index (χ3v) is 6.37. The number of hydrogen-bond donors (Lipinski definition) is 2. The lowest BCUT2D eigenvalue weighted by atomic mass is 9.86. The normalized spacial score (nSPS) is 32.1. The number of thiophene rings is 1. The van der Waals surface area contributed by atoms with E-state index in [1.807, 2.05) is 6.07 Å². The highest BCUT2D eigenvalue weighted by molar-refractivity contribution is 7.99. The predicted octanol–water partition coefficient (Wildman–Crippen LogP) is 1.45. The van der Waals surface area contributed by atoms with Gasteiger partial charge in [0.25, 0.3) is 0 Å². The van der Waals surface area contributed by atoms with Crippen molar-refractivity contribution in [2.24, 2.45) is 11.7 Å². The molecule has 2 aromatic rings. The van der Waals surface area contributed by atoms with Gasteiger partial charge in [-0.1, -0.05) is 6.07 Å². The molecule has 4 heterocycles. The molecular formula is C14H17N5S2. The number of nitrogens with one attached hydrogen (secondary N) is 1. The summed E-state index contributed by atoms with van der Waals surface area (Å²) >= 11 is 3.59. The Morgan fingerprint density at radius 1 is 1.33 bits per heavy atom. The van der Waals surface area contributed by atoms with Crippen molar-refractivity contribution < 1.29 is 0 Å². The summed E-state index contributed by atoms with van der Waals surface area (Å²) in [6.07, 6.45) is 3.60. The Bertz CT molecular complexity index is 605. The zero-order valence-electron chi connectivity index (χ0n) is 11.5. The minimum atomic E-state index is -0.0714. The average Bonchev–Trinajstić information content (AvgIpc) is 3.15. The third-order valence-electron chi connectivity index (χ3n) is 4.25. The Kier molecular flexibility index (Phi) is 3.37. The van der Waals surface area contributed by atoms with Gasteiger partial charge in [-0.3, -0.25) is 5.32 Å². The standard InChI is InChI=1S/C14H17N5S2/c15-12-18-14(11-3-1-6-20-11)9-19(7-10(14)8-21-12)13-16-4-2-5-17-13/h1-6,10,12,18H,7-9,15H2. The second kappa shape index (κ2) is 5.24. The smallest absolute Gasteiger partial charge is 0.225 e. The van der Waals surface area contributed by atoms with Gasteiger partial charge in [-0.15, -0.1) is 23.1 Å². The van der Waals surface area contributed by atoms with Gasteiger partial charge in [0.15, 0.2) is 0 Å². The van der Waals surface area contributed by atoms with E-state index in [9.17, 15) is 0 Å². The number of thioether (sulfide) groups is 1. The number of anilines is 1. The predicted molar refractivity (Wildman–Crippen MR) is 87.3 cm³/mol. The fourth-order valence-corrected chi connectivity index (χ4v) is 5.36. The molecule has 0 bridgehead atoms. The Labute approximate surface area is 132 Å². The number of rotatable bonds is 2. The number of aromatic nitrogens is 2. The Balaban J connectivity index is 1.71. The van der Waals surface area contributed by atoms with E-state index in [-0.39, 0.29) is 11.0 Å². The maximum atomic E-state index is 6.17. The van der Waals surface area contributed by atoms with Gasteiger partial charge < -0.3 is 10.6 Å². The van der Waals surface area contributed by atoms with E-state index in [2.05, 4.69) is 37.7 Å². The van der Waals surface area contributed by atoms with Crippen LogP contribution in [0.15, 0.2) is 36.0 Å². The van der Waals surface area contributed by atoms with Crippen LogP contribution in [0.1, 0.15) is 4.88 Å². The molecule has 4 rings (SSSR count). The lowest BCUT2D eigenvalue weighted by Gasteiger charge is -2.41. The van der Waals surface area contributed by atoms with Crippen LogP contribution in [0.4, 0.5) is 5.95 Å². The van der Waals surface area contributed by atoms with Crippen LogP contribution in [0.5, 0.6) is 0 Å². The molecular weight excluding hydrogens is 302 g/mol. The van der Waals surface area contributed by atoms with Crippen LogP contribution in [-0.2, 0) is 5.54 Å². The number of nitrogens with zero attached hydrogens (tertiary/aromatic N) is 3. The highest BCUT2D eigenvalue weighted by Gasteiger charge is 2.52. The Hall–Kier alpha value is -1.15. The summed E-state index contributed by atoms with van der Waals surface area (Å²) in [7, 11) is 0. The molecule has 5 nitrogen and oxygen atoms in total. The van der Waals surface area contributed by atoms with E-state index >= 15 is 0 Å². The first-order chi connectivity index (χ1) is 10.3. The van der Waals surface area contributed by atoms with E-state index in [1.165, 1.54) is 4.88 Å². The van der Waals surface area contributed by atoms with Crippen molar-refractivity contribution in [2.45, 2.75) is 11.0 Å². The Morgan fingerprint density at radius 2 is 2.19 bits per heavy atom. The summed E-state index contributed by atoms with van der Waals surface area (Å²) in [5, 5.41) is 5.78. The number of fused-ring (bicyclic) bond motifs is 1. The molecule has 2 aromatic heterocycles.